The van der Waals surface area contributed by atoms with Gasteiger partial charge in [0.05, 0.1) is 16.7 Å². The van der Waals surface area contributed by atoms with Crippen LogP contribution in [0, 0.1) is 6.92 Å². The maximum absolute atomic E-state index is 10.5. The van der Waals surface area contributed by atoms with Crippen LogP contribution in [0.25, 0.3) is 60.9 Å². The van der Waals surface area contributed by atoms with E-state index in [1.807, 2.05) is 61.5 Å². The van der Waals surface area contributed by atoms with Crippen LogP contribution in [0.15, 0.2) is 140 Å². The van der Waals surface area contributed by atoms with Crippen molar-refractivity contribution in [2.45, 2.75) is 6.92 Å². The van der Waals surface area contributed by atoms with Gasteiger partial charge >= 0.3 is 0 Å². The summed E-state index contributed by atoms with van der Waals surface area (Å²) in [4.78, 5) is 9.86. The van der Waals surface area contributed by atoms with Crippen LogP contribution >= 0.6 is 0 Å². The Hall–Kier alpha value is -5.94. The van der Waals surface area contributed by atoms with Gasteiger partial charge in [-0.2, -0.15) is 0 Å². The lowest BCUT2D eigenvalue weighted by atomic mass is 10.0. The van der Waals surface area contributed by atoms with Gasteiger partial charge in [-0.3, -0.25) is 4.57 Å². The third kappa shape index (κ3) is 4.43. The molecular formula is C39H27N3O2. The van der Waals surface area contributed by atoms with E-state index >= 15 is 0 Å². The maximum atomic E-state index is 10.5. The molecule has 5 aromatic carbocycles. The first-order valence-electron chi connectivity index (χ1n) is 14.6. The number of aromatic hydroxyl groups is 1. The molecule has 210 valence electrons. The number of fused-ring (bicyclic) bond motifs is 4. The number of phenolic OH excluding ortho intramolecular Hbond substituents is 1. The second-order valence-electron chi connectivity index (χ2n) is 10.9. The Morgan fingerprint density at radius 2 is 1.27 bits per heavy atom. The molecule has 0 aliphatic rings. The molecule has 5 heteroatoms. The van der Waals surface area contributed by atoms with Gasteiger partial charge in [-0.05, 0) is 60.0 Å². The normalized spacial score (nSPS) is 11.4. The summed E-state index contributed by atoms with van der Waals surface area (Å²) in [7, 11) is 0. The van der Waals surface area contributed by atoms with Crippen LogP contribution in [0.5, 0.6) is 17.4 Å². The van der Waals surface area contributed by atoms with Crippen LogP contribution in [0.2, 0.25) is 0 Å². The molecule has 0 aliphatic heterocycles. The monoisotopic (exact) mass is 569 g/mol. The molecule has 0 amide bonds. The number of pyridine rings is 2. The highest BCUT2D eigenvalue weighted by atomic mass is 16.5. The number of benzene rings is 5. The zero-order valence-electron chi connectivity index (χ0n) is 24.0. The van der Waals surface area contributed by atoms with Crippen LogP contribution in [-0.2, 0) is 0 Å². The van der Waals surface area contributed by atoms with Crippen molar-refractivity contribution in [2.24, 2.45) is 0 Å². The first-order chi connectivity index (χ1) is 21.6. The van der Waals surface area contributed by atoms with Gasteiger partial charge < -0.3 is 9.84 Å². The Morgan fingerprint density at radius 1 is 0.568 bits per heavy atom. The molecule has 44 heavy (non-hydrogen) atoms. The molecule has 0 saturated carbocycles. The second-order valence-corrected chi connectivity index (χ2v) is 10.9. The SMILES string of the molecule is Cc1cc(Oc2ccc3c4ccccc4n(-c4cc(-c5ccccc5)cc(-c5ccccc5)n4)c3c2)nc2c(O)cccc12. The molecule has 8 aromatic rings. The number of hydrogen-bond acceptors (Lipinski definition) is 4. The number of aryl methyl sites for hydroxylation is 1. The van der Waals surface area contributed by atoms with Crippen molar-refractivity contribution in [3.8, 4) is 45.6 Å². The van der Waals surface area contributed by atoms with Gasteiger partial charge in [-0.1, -0.05) is 91.0 Å². The van der Waals surface area contributed by atoms with E-state index in [2.05, 4.69) is 88.4 Å². The van der Waals surface area contributed by atoms with Crippen LogP contribution in [0.1, 0.15) is 5.56 Å². The molecule has 3 aromatic heterocycles. The van der Waals surface area contributed by atoms with Gasteiger partial charge in [0.15, 0.2) is 0 Å². The Kier molecular flexibility index (Phi) is 6.09. The molecule has 0 saturated heterocycles. The van der Waals surface area contributed by atoms with Gasteiger partial charge in [0, 0.05) is 33.9 Å². The molecular weight excluding hydrogens is 542 g/mol. The summed E-state index contributed by atoms with van der Waals surface area (Å²) < 4.78 is 8.56. The van der Waals surface area contributed by atoms with Gasteiger partial charge in [-0.25, -0.2) is 9.97 Å². The summed E-state index contributed by atoms with van der Waals surface area (Å²) in [5.41, 5.74) is 7.69. The fourth-order valence-electron chi connectivity index (χ4n) is 5.99. The highest BCUT2D eigenvalue weighted by Gasteiger charge is 2.17. The first kappa shape index (κ1) is 25.7. The third-order valence-electron chi connectivity index (χ3n) is 8.09. The second kappa shape index (κ2) is 10.4. The average molecular weight is 570 g/mol. The summed E-state index contributed by atoms with van der Waals surface area (Å²) in [5.74, 6) is 2.02. The standard InChI is InChI=1S/C39H27N3O2/c1-25-21-38(41-39-30(25)16-10-18-36(39)43)44-29-19-20-32-31-15-8-9-17-34(31)42(35(32)24-29)37-23-28(26-11-4-2-5-12-26)22-33(40-37)27-13-6-3-7-14-27/h2-24,43H,1H3. The van der Waals surface area contributed by atoms with Gasteiger partial charge in [0.1, 0.15) is 22.8 Å². The smallest absolute Gasteiger partial charge is 0.220 e. The predicted molar refractivity (Wildman–Crippen MR) is 178 cm³/mol. The minimum Gasteiger partial charge on any atom is -0.506 e. The maximum Gasteiger partial charge on any atom is 0.220 e. The van der Waals surface area contributed by atoms with E-state index in [4.69, 9.17) is 9.72 Å². The number of rotatable bonds is 5. The molecule has 5 nitrogen and oxygen atoms in total. The van der Waals surface area contributed by atoms with Crippen molar-refractivity contribution in [1.82, 2.24) is 14.5 Å². The summed E-state index contributed by atoms with van der Waals surface area (Å²) in [5, 5.41) is 13.6. The molecule has 8 rings (SSSR count). The summed E-state index contributed by atoms with van der Waals surface area (Å²) in [6, 6.07) is 46.8. The molecule has 0 atom stereocenters. The van der Waals surface area contributed by atoms with E-state index in [0.29, 0.717) is 17.1 Å². The van der Waals surface area contributed by atoms with E-state index < -0.39 is 0 Å². The van der Waals surface area contributed by atoms with Crippen LogP contribution in [-0.4, -0.2) is 19.6 Å². The molecule has 0 fully saturated rings. The minimum atomic E-state index is 0.130. The first-order valence-corrected chi connectivity index (χ1v) is 14.6. The van der Waals surface area contributed by atoms with E-state index in [-0.39, 0.29) is 5.75 Å². The third-order valence-corrected chi connectivity index (χ3v) is 8.09. The van der Waals surface area contributed by atoms with E-state index in [9.17, 15) is 5.11 Å². The predicted octanol–water partition coefficient (Wildman–Crippen LogP) is 9.87. The topological polar surface area (TPSA) is 60.2 Å². The Labute approximate surface area is 254 Å². The lowest BCUT2D eigenvalue weighted by Gasteiger charge is -2.13. The van der Waals surface area contributed by atoms with Crippen molar-refractivity contribution < 1.29 is 9.84 Å². The average Bonchev–Trinajstić information content (AvgIpc) is 3.39. The lowest BCUT2D eigenvalue weighted by molar-refractivity contribution is 0.460. The molecule has 0 aliphatic carbocycles. The van der Waals surface area contributed by atoms with Crippen molar-refractivity contribution in [1.29, 1.82) is 0 Å². The highest BCUT2D eigenvalue weighted by molar-refractivity contribution is 6.09. The fraction of sp³-hybridized carbons (Fsp3) is 0.0256. The molecule has 0 radical (unpaired) electrons. The van der Waals surface area contributed by atoms with Crippen molar-refractivity contribution >= 4 is 32.7 Å². The van der Waals surface area contributed by atoms with E-state index in [1.165, 1.54) is 0 Å². The fourth-order valence-corrected chi connectivity index (χ4v) is 5.99. The lowest BCUT2D eigenvalue weighted by Crippen LogP contribution is -2.00. The van der Waals surface area contributed by atoms with Crippen LogP contribution in [0.3, 0.4) is 0 Å². The quantitative estimate of drug-likeness (QED) is 0.224. The number of phenols is 1. The van der Waals surface area contributed by atoms with E-state index in [0.717, 1.165) is 61.0 Å². The van der Waals surface area contributed by atoms with Crippen molar-refractivity contribution in [2.75, 3.05) is 0 Å². The van der Waals surface area contributed by atoms with Gasteiger partial charge in [-0.15, -0.1) is 0 Å². The number of nitrogens with zero attached hydrogens (tertiary/aromatic N) is 3. The minimum absolute atomic E-state index is 0.130. The number of para-hydroxylation sites is 2. The largest absolute Gasteiger partial charge is 0.506 e. The molecule has 0 unspecified atom stereocenters. The zero-order chi connectivity index (χ0) is 29.6. The van der Waals surface area contributed by atoms with Gasteiger partial charge in [0.2, 0.25) is 5.88 Å². The molecule has 1 N–H and O–H groups in total. The van der Waals surface area contributed by atoms with Crippen LogP contribution in [0.4, 0.5) is 0 Å². The number of aromatic nitrogens is 3. The van der Waals surface area contributed by atoms with Crippen molar-refractivity contribution in [3.63, 3.8) is 0 Å². The van der Waals surface area contributed by atoms with E-state index in [1.54, 1.807) is 6.07 Å². The summed E-state index contributed by atoms with van der Waals surface area (Å²) in [6.45, 7) is 1.99. The summed E-state index contributed by atoms with van der Waals surface area (Å²) in [6.07, 6.45) is 0. The Balaban J connectivity index is 1.33. The highest BCUT2D eigenvalue weighted by Crippen LogP contribution is 2.37. The Bertz CT molecular complexity index is 2270. The van der Waals surface area contributed by atoms with Crippen molar-refractivity contribution in [3.05, 3.63) is 145 Å². The van der Waals surface area contributed by atoms with Gasteiger partial charge in [0.25, 0.3) is 0 Å². The molecule has 3 heterocycles. The zero-order valence-corrected chi connectivity index (χ0v) is 24.0. The summed E-state index contributed by atoms with van der Waals surface area (Å²) >= 11 is 0. The molecule has 0 spiro atoms. The Morgan fingerprint density at radius 3 is 2.09 bits per heavy atom. The van der Waals surface area contributed by atoms with Crippen LogP contribution < -0.4 is 4.74 Å². The number of hydrogen-bond donors (Lipinski definition) is 1. The number of ether oxygens (including phenoxy) is 1. The molecule has 0 bridgehead atoms.